The average Bonchev–Trinajstić information content (AvgIpc) is 3.34. The fraction of sp³-hybridized carbons (Fsp3) is 0.192. The van der Waals surface area contributed by atoms with Gasteiger partial charge in [-0.15, -0.1) is 4.40 Å². The second kappa shape index (κ2) is 11.9. The minimum Gasteiger partial charge on any atom is -0.383 e. The van der Waals surface area contributed by atoms with Gasteiger partial charge in [0.25, 0.3) is 10.0 Å². The number of sulfonamides is 1. The Balaban J connectivity index is 1.81. The van der Waals surface area contributed by atoms with Crippen molar-refractivity contribution in [2.24, 2.45) is 20.2 Å². The Bertz CT molecular complexity index is 1430. The number of methoxy groups -OCH3 is 1. The molecular formula is C26H25Cl2N5O3S. The molecule has 0 saturated carbocycles. The molecule has 0 fully saturated rings. The molecule has 4 rings (SSSR count). The van der Waals surface area contributed by atoms with Crippen LogP contribution in [0.5, 0.6) is 0 Å². The standard InChI is InChI=1S/C26H25Cl2N5O3S/c1-36-16-15-30-25(29)26(32-37(34,35)22-13-11-21(28)12-14-22)33-17-23(18-5-3-2-4-6-18)24(31-33)19-7-9-20(27)10-8-19/h2-14,23H,15-17H2,1H3,(H2,29,30)/b32-26+. The van der Waals surface area contributed by atoms with Crippen LogP contribution in [0.15, 0.2) is 98.2 Å². The topological polar surface area (TPSA) is 110 Å². The molecule has 8 nitrogen and oxygen atoms in total. The van der Waals surface area contributed by atoms with Gasteiger partial charge in [0.1, 0.15) is 0 Å². The lowest BCUT2D eigenvalue weighted by Gasteiger charge is -2.18. The van der Waals surface area contributed by atoms with E-state index in [1.165, 1.54) is 29.3 Å². The number of hydrogen-bond donors (Lipinski definition) is 1. The zero-order valence-electron chi connectivity index (χ0n) is 20.0. The van der Waals surface area contributed by atoms with Crippen LogP contribution >= 0.6 is 23.2 Å². The maximum Gasteiger partial charge on any atom is 0.284 e. The minimum atomic E-state index is -4.15. The number of rotatable bonds is 7. The van der Waals surface area contributed by atoms with Gasteiger partial charge >= 0.3 is 0 Å². The van der Waals surface area contributed by atoms with Crippen molar-refractivity contribution >= 4 is 50.6 Å². The number of nitrogens with two attached hydrogens (primary N) is 1. The molecule has 1 aliphatic heterocycles. The molecule has 0 aromatic heterocycles. The molecule has 0 bridgehead atoms. The molecule has 3 aromatic rings. The molecule has 0 amide bonds. The van der Waals surface area contributed by atoms with Crippen molar-refractivity contribution in [1.29, 1.82) is 0 Å². The first kappa shape index (κ1) is 26.8. The highest BCUT2D eigenvalue weighted by Crippen LogP contribution is 2.30. The zero-order valence-corrected chi connectivity index (χ0v) is 22.3. The normalized spacial score (nSPS) is 16.7. The highest BCUT2D eigenvalue weighted by molar-refractivity contribution is 7.90. The number of hydrazone groups is 1. The predicted molar refractivity (Wildman–Crippen MR) is 148 cm³/mol. The molecular weight excluding hydrogens is 533 g/mol. The summed E-state index contributed by atoms with van der Waals surface area (Å²) in [4.78, 5) is 4.25. The summed E-state index contributed by atoms with van der Waals surface area (Å²) in [5, 5.41) is 7.28. The van der Waals surface area contributed by atoms with E-state index in [0.717, 1.165) is 16.8 Å². The van der Waals surface area contributed by atoms with E-state index in [-0.39, 0.29) is 29.0 Å². The van der Waals surface area contributed by atoms with E-state index in [4.69, 9.17) is 38.8 Å². The maximum atomic E-state index is 13.2. The lowest BCUT2D eigenvalue weighted by atomic mass is 9.91. The van der Waals surface area contributed by atoms with Crippen molar-refractivity contribution in [2.75, 3.05) is 26.8 Å². The molecule has 37 heavy (non-hydrogen) atoms. The summed E-state index contributed by atoms with van der Waals surface area (Å²) in [6, 6.07) is 22.9. The van der Waals surface area contributed by atoms with E-state index in [0.29, 0.717) is 23.2 Å². The van der Waals surface area contributed by atoms with Crippen molar-refractivity contribution in [3.8, 4) is 0 Å². The van der Waals surface area contributed by atoms with Crippen molar-refractivity contribution in [2.45, 2.75) is 10.8 Å². The number of aliphatic imine (C=N–C) groups is 1. The van der Waals surface area contributed by atoms with Crippen LogP contribution in [0.4, 0.5) is 0 Å². The largest absolute Gasteiger partial charge is 0.383 e. The molecule has 0 saturated heterocycles. The predicted octanol–water partition coefficient (Wildman–Crippen LogP) is 4.59. The van der Waals surface area contributed by atoms with E-state index < -0.39 is 10.0 Å². The number of amidine groups is 2. The van der Waals surface area contributed by atoms with Crippen molar-refractivity contribution in [3.63, 3.8) is 0 Å². The molecule has 1 heterocycles. The Kier molecular flexibility index (Phi) is 8.60. The summed E-state index contributed by atoms with van der Waals surface area (Å²) < 4.78 is 35.6. The third kappa shape index (κ3) is 6.56. The SMILES string of the molecule is COCCN=C(N)/C(=N\S(=O)(=O)c1ccc(Cl)cc1)N1CC(c2ccccc2)C(c2ccc(Cl)cc2)=N1. The van der Waals surface area contributed by atoms with Crippen molar-refractivity contribution in [1.82, 2.24) is 5.01 Å². The first-order chi connectivity index (χ1) is 17.8. The van der Waals surface area contributed by atoms with Crippen LogP contribution in [0.3, 0.4) is 0 Å². The van der Waals surface area contributed by atoms with Crippen molar-refractivity contribution < 1.29 is 13.2 Å². The van der Waals surface area contributed by atoms with Gasteiger partial charge in [-0.1, -0.05) is 65.7 Å². The van der Waals surface area contributed by atoms with Gasteiger partial charge in [0.05, 0.1) is 30.3 Å². The van der Waals surface area contributed by atoms with Crippen LogP contribution in [0.25, 0.3) is 0 Å². The Morgan fingerprint density at radius 2 is 1.65 bits per heavy atom. The van der Waals surface area contributed by atoms with Crippen LogP contribution < -0.4 is 5.73 Å². The van der Waals surface area contributed by atoms with Gasteiger partial charge in [0, 0.05) is 23.1 Å². The fourth-order valence-electron chi connectivity index (χ4n) is 3.79. The van der Waals surface area contributed by atoms with Gasteiger partial charge in [-0.05, 0) is 47.5 Å². The highest BCUT2D eigenvalue weighted by Gasteiger charge is 2.33. The van der Waals surface area contributed by atoms with Gasteiger partial charge in [-0.2, -0.15) is 13.5 Å². The van der Waals surface area contributed by atoms with Gasteiger partial charge in [0.15, 0.2) is 5.84 Å². The molecule has 2 N–H and O–H groups in total. The fourth-order valence-corrected chi connectivity index (χ4v) is 5.04. The third-order valence-corrected chi connectivity index (χ3v) is 7.41. The first-order valence-electron chi connectivity index (χ1n) is 11.3. The highest BCUT2D eigenvalue weighted by atomic mass is 35.5. The second-order valence-corrected chi connectivity index (χ2v) is 10.6. The summed E-state index contributed by atoms with van der Waals surface area (Å²) in [7, 11) is -2.61. The maximum absolute atomic E-state index is 13.2. The van der Waals surface area contributed by atoms with E-state index in [1.54, 1.807) is 19.2 Å². The van der Waals surface area contributed by atoms with Crippen LogP contribution in [0.1, 0.15) is 17.0 Å². The van der Waals surface area contributed by atoms with Crippen LogP contribution in [0.2, 0.25) is 10.0 Å². The van der Waals surface area contributed by atoms with Gasteiger partial charge in [0.2, 0.25) is 5.84 Å². The molecule has 0 spiro atoms. The zero-order chi connectivity index (χ0) is 26.4. The molecule has 0 radical (unpaired) electrons. The molecule has 192 valence electrons. The molecule has 3 aromatic carbocycles. The van der Waals surface area contributed by atoms with Gasteiger partial charge in [-0.25, -0.2) is 5.01 Å². The van der Waals surface area contributed by atoms with Gasteiger partial charge in [-0.3, -0.25) is 4.99 Å². The number of hydrogen-bond acceptors (Lipinski definition) is 5. The molecule has 11 heteroatoms. The monoisotopic (exact) mass is 557 g/mol. The van der Waals surface area contributed by atoms with Crippen LogP contribution in [0, 0.1) is 0 Å². The number of ether oxygens (including phenoxy) is 1. The Labute approximate surface area is 226 Å². The second-order valence-electron chi connectivity index (χ2n) is 8.14. The number of benzene rings is 3. The Hall–Kier alpha value is -3.24. The van der Waals surface area contributed by atoms with Crippen molar-refractivity contribution in [3.05, 3.63) is 100 Å². The van der Waals surface area contributed by atoms with Crippen LogP contribution in [-0.2, 0) is 14.8 Å². The average molecular weight is 558 g/mol. The van der Waals surface area contributed by atoms with E-state index in [1.807, 2.05) is 42.5 Å². The Morgan fingerprint density at radius 3 is 2.27 bits per heavy atom. The number of halogens is 2. The molecule has 0 aliphatic carbocycles. The summed E-state index contributed by atoms with van der Waals surface area (Å²) in [5.41, 5.74) is 8.86. The summed E-state index contributed by atoms with van der Waals surface area (Å²) >= 11 is 12.0. The molecule has 1 aliphatic rings. The molecule has 1 atom stereocenters. The summed E-state index contributed by atoms with van der Waals surface area (Å²) in [6.45, 7) is 0.841. The summed E-state index contributed by atoms with van der Waals surface area (Å²) in [5.74, 6) is -0.323. The van der Waals surface area contributed by atoms with E-state index >= 15 is 0 Å². The summed E-state index contributed by atoms with van der Waals surface area (Å²) in [6.07, 6.45) is 0. The third-order valence-electron chi connectivity index (χ3n) is 5.63. The molecule has 1 unspecified atom stereocenters. The smallest absolute Gasteiger partial charge is 0.284 e. The minimum absolute atomic E-state index is 0.0280. The first-order valence-corrected chi connectivity index (χ1v) is 13.5. The Morgan fingerprint density at radius 1 is 1.03 bits per heavy atom. The lowest BCUT2D eigenvalue weighted by molar-refractivity contribution is 0.208. The lowest BCUT2D eigenvalue weighted by Crippen LogP contribution is -2.38. The van der Waals surface area contributed by atoms with E-state index in [2.05, 4.69) is 9.39 Å². The van der Waals surface area contributed by atoms with Gasteiger partial charge < -0.3 is 10.5 Å². The van der Waals surface area contributed by atoms with Crippen LogP contribution in [-0.4, -0.2) is 57.6 Å². The quantitative estimate of drug-likeness (QED) is 0.259. The number of nitrogens with zero attached hydrogens (tertiary/aromatic N) is 4. The van der Waals surface area contributed by atoms with E-state index in [9.17, 15) is 8.42 Å².